The van der Waals surface area contributed by atoms with Crippen LogP contribution in [0.4, 0.5) is 10.5 Å². The number of amides is 1. The number of ether oxygens (including phenoxy) is 1. The van der Waals surface area contributed by atoms with Crippen molar-refractivity contribution in [1.82, 2.24) is 0 Å². The largest absolute Gasteiger partial charge is 0.507 e. The fourth-order valence-corrected chi connectivity index (χ4v) is 2.81. The van der Waals surface area contributed by atoms with Crippen LogP contribution in [-0.2, 0) is 15.1 Å². The topological polar surface area (TPSA) is 90.6 Å². The summed E-state index contributed by atoms with van der Waals surface area (Å²) in [6.45, 7) is 5.89. The molecule has 1 N–H and O–H groups in total. The number of fused-ring (bicyclic) bond motifs is 1. The number of anilines is 1. The number of carboxylic acid groups (broad SMARTS) is 1. The number of nitriles is 1. The van der Waals surface area contributed by atoms with Crippen molar-refractivity contribution in [2.75, 3.05) is 11.4 Å². The molecule has 0 bridgehead atoms. The van der Waals surface area contributed by atoms with Crippen LogP contribution in [0.15, 0.2) is 30.4 Å². The highest BCUT2D eigenvalue weighted by molar-refractivity contribution is 6.31. The first-order valence-electron chi connectivity index (χ1n) is 7.01. The predicted octanol–water partition coefficient (Wildman–Crippen LogP) is 3.46. The third-order valence-electron chi connectivity index (χ3n) is 3.71. The van der Waals surface area contributed by atoms with E-state index >= 15 is 0 Å². The number of hydrogen-bond acceptors (Lipinski definition) is 4. The molecule has 0 saturated heterocycles. The highest BCUT2D eigenvalue weighted by Crippen LogP contribution is 2.47. The number of carbonyl (C=O) groups is 2. The quantitative estimate of drug-likeness (QED) is 0.657. The van der Waals surface area contributed by atoms with Crippen LogP contribution in [0, 0.1) is 11.3 Å². The Bertz CT molecular complexity index is 725. The summed E-state index contributed by atoms with van der Waals surface area (Å²) >= 11 is 5.99. The fraction of sp³-hybridized carbons (Fsp3) is 0.312. The normalized spacial score (nSPS) is 19.2. The summed E-state index contributed by atoms with van der Waals surface area (Å²) in [6.07, 6.45) is -0.104. The van der Waals surface area contributed by atoms with Crippen molar-refractivity contribution in [3.63, 3.8) is 0 Å². The number of rotatable bonds is 5. The van der Waals surface area contributed by atoms with Gasteiger partial charge in [-0.2, -0.15) is 5.26 Å². The minimum absolute atomic E-state index is 0.222. The summed E-state index contributed by atoms with van der Waals surface area (Å²) < 4.78 is 4.90. The van der Waals surface area contributed by atoms with Gasteiger partial charge in [-0.05, 0) is 24.6 Å². The number of benzene rings is 1. The molecule has 1 aliphatic heterocycles. The van der Waals surface area contributed by atoms with Gasteiger partial charge in [0.15, 0.2) is 0 Å². The second-order valence-electron chi connectivity index (χ2n) is 5.11. The molecule has 6 nitrogen and oxygen atoms in total. The molecule has 1 aliphatic rings. The van der Waals surface area contributed by atoms with Crippen LogP contribution in [0.1, 0.15) is 25.3 Å². The lowest BCUT2D eigenvalue weighted by Crippen LogP contribution is -2.44. The van der Waals surface area contributed by atoms with E-state index in [-0.39, 0.29) is 11.1 Å². The summed E-state index contributed by atoms with van der Waals surface area (Å²) in [6, 6.07) is 6.39. The Morgan fingerprint density at radius 1 is 1.57 bits per heavy atom. The summed E-state index contributed by atoms with van der Waals surface area (Å²) in [5.41, 5.74) is -1.67. The summed E-state index contributed by atoms with van der Waals surface area (Å²) in [5, 5.41) is 18.6. The van der Waals surface area contributed by atoms with Gasteiger partial charge in [0.05, 0.1) is 17.3 Å². The molecule has 2 rings (SSSR count). The van der Waals surface area contributed by atoms with Crippen LogP contribution in [0.2, 0.25) is 5.02 Å². The SMILES string of the molecule is C=C(C#N)C1(OC(=O)O)C(=O)N(CCCC)c2ccc(Cl)cc21. The van der Waals surface area contributed by atoms with Crippen molar-refractivity contribution in [3.05, 3.63) is 40.9 Å². The zero-order valence-electron chi connectivity index (χ0n) is 12.5. The van der Waals surface area contributed by atoms with Gasteiger partial charge in [0.25, 0.3) is 11.5 Å². The maximum Gasteiger partial charge on any atom is 0.507 e. The highest BCUT2D eigenvalue weighted by Gasteiger charge is 2.57. The second kappa shape index (κ2) is 6.31. The Morgan fingerprint density at radius 2 is 2.26 bits per heavy atom. The smallest absolute Gasteiger partial charge is 0.450 e. The molecule has 0 fully saturated rings. The molecular formula is C16H15ClN2O4. The van der Waals surface area contributed by atoms with E-state index in [1.165, 1.54) is 11.0 Å². The zero-order valence-corrected chi connectivity index (χ0v) is 13.3. The first kappa shape index (κ1) is 16.8. The van der Waals surface area contributed by atoms with E-state index in [2.05, 4.69) is 6.58 Å². The number of unbranched alkanes of at least 4 members (excludes halogenated alkanes) is 1. The zero-order chi connectivity index (χ0) is 17.2. The number of halogens is 1. The monoisotopic (exact) mass is 334 g/mol. The lowest BCUT2D eigenvalue weighted by atomic mass is 9.88. The molecule has 1 heterocycles. The Morgan fingerprint density at radius 3 is 2.83 bits per heavy atom. The standard InChI is InChI=1S/C16H15ClN2O4/c1-3-4-7-19-13-6-5-11(17)8-12(13)16(14(19)20,10(2)9-18)23-15(21)22/h5-6,8H,2-4,7H2,1H3,(H,21,22). The van der Waals surface area contributed by atoms with Crippen molar-refractivity contribution in [3.8, 4) is 6.07 Å². The van der Waals surface area contributed by atoms with Gasteiger partial charge in [0.1, 0.15) is 0 Å². The fourth-order valence-electron chi connectivity index (χ4n) is 2.64. The molecule has 1 aromatic rings. The first-order valence-corrected chi connectivity index (χ1v) is 7.39. The van der Waals surface area contributed by atoms with Crippen LogP contribution >= 0.6 is 11.6 Å². The lowest BCUT2D eigenvalue weighted by molar-refractivity contribution is -0.134. The van der Waals surface area contributed by atoms with Crippen LogP contribution in [0.3, 0.4) is 0 Å². The van der Waals surface area contributed by atoms with Gasteiger partial charge in [-0.1, -0.05) is 31.5 Å². The van der Waals surface area contributed by atoms with E-state index in [1.54, 1.807) is 18.2 Å². The third kappa shape index (κ3) is 2.64. The number of carbonyl (C=O) groups excluding carboxylic acids is 1. The molecule has 1 amide bonds. The van der Waals surface area contributed by atoms with Gasteiger partial charge in [-0.25, -0.2) is 4.79 Å². The molecule has 23 heavy (non-hydrogen) atoms. The molecule has 120 valence electrons. The Kier molecular flexibility index (Phi) is 4.62. The van der Waals surface area contributed by atoms with Crippen molar-refractivity contribution in [1.29, 1.82) is 5.26 Å². The highest BCUT2D eigenvalue weighted by atomic mass is 35.5. The van der Waals surface area contributed by atoms with E-state index in [0.717, 1.165) is 12.8 Å². The van der Waals surface area contributed by atoms with Gasteiger partial charge in [0, 0.05) is 17.1 Å². The molecule has 1 atom stereocenters. The van der Waals surface area contributed by atoms with Crippen molar-refractivity contribution < 1.29 is 19.4 Å². The van der Waals surface area contributed by atoms with Crippen LogP contribution < -0.4 is 4.90 Å². The van der Waals surface area contributed by atoms with Crippen LogP contribution in [0.25, 0.3) is 0 Å². The summed E-state index contributed by atoms with van der Waals surface area (Å²) in [5.74, 6) is -0.642. The van der Waals surface area contributed by atoms with Crippen molar-refractivity contribution in [2.24, 2.45) is 0 Å². The Balaban J connectivity index is 2.69. The first-order chi connectivity index (χ1) is 10.9. The molecule has 0 spiro atoms. The third-order valence-corrected chi connectivity index (χ3v) is 3.95. The summed E-state index contributed by atoms with van der Waals surface area (Å²) in [4.78, 5) is 25.5. The molecule has 1 unspecified atom stereocenters. The average Bonchev–Trinajstić information content (AvgIpc) is 2.73. The molecule has 0 radical (unpaired) electrons. The second-order valence-corrected chi connectivity index (χ2v) is 5.55. The van der Waals surface area contributed by atoms with Gasteiger partial charge >= 0.3 is 6.16 Å². The Hall–Kier alpha value is -2.52. The summed E-state index contributed by atoms with van der Waals surface area (Å²) in [7, 11) is 0. The van der Waals surface area contributed by atoms with Crippen LogP contribution in [0.5, 0.6) is 0 Å². The van der Waals surface area contributed by atoms with Gasteiger partial charge in [-0.15, -0.1) is 0 Å². The van der Waals surface area contributed by atoms with Gasteiger partial charge in [0.2, 0.25) is 0 Å². The molecule has 0 aliphatic carbocycles. The van der Waals surface area contributed by atoms with E-state index in [4.69, 9.17) is 21.4 Å². The average molecular weight is 335 g/mol. The van der Waals surface area contributed by atoms with E-state index in [0.29, 0.717) is 17.3 Å². The number of nitrogens with zero attached hydrogens (tertiary/aromatic N) is 2. The molecule has 0 saturated carbocycles. The maximum atomic E-state index is 12.9. The van der Waals surface area contributed by atoms with E-state index < -0.39 is 17.7 Å². The van der Waals surface area contributed by atoms with Crippen LogP contribution in [-0.4, -0.2) is 23.7 Å². The molecule has 0 aromatic heterocycles. The minimum Gasteiger partial charge on any atom is -0.450 e. The van der Waals surface area contributed by atoms with E-state index in [1.807, 2.05) is 6.92 Å². The molecule has 1 aromatic carbocycles. The molecular weight excluding hydrogens is 320 g/mol. The lowest BCUT2D eigenvalue weighted by Gasteiger charge is -2.26. The Labute approximate surface area is 138 Å². The maximum absolute atomic E-state index is 12.9. The number of hydrogen-bond donors (Lipinski definition) is 1. The predicted molar refractivity (Wildman–Crippen MR) is 84.3 cm³/mol. The van der Waals surface area contributed by atoms with Gasteiger partial charge in [-0.3, -0.25) is 4.79 Å². The van der Waals surface area contributed by atoms with E-state index in [9.17, 15) is 14.9 Å². The molecule has 7 heteroatoms. The van der Waals surface area contributed by atoms with Crippen molar-refractivity contribution in [2.45, 2.75) is 25.4 Å². The van der Waals surface area contributed by atoms with Gasteiger partial charge < -0.3 is 14.7 Å². The minimum atomic E-state index is -2.07. The van der Waals surface area contributed by atoms with Crippen molar-refractivity contribution >= 4 is 29.4 Å².